The number of methoxy groups -OCH3 is 1. The molecule has 0 amide bonds. The Morgan fingerprint density at radius 3 is 2.62 bits per heavy atom. The number of pyridine rings is 1. The van der Waals surface area contributed by atoms with E-state index in [-0.39, 0.29) is 5.97 Å². The standard InChI is InChI=1S/C26H30N2O4/c1-5-7-21-23(17-8-11-27-12-9-17)24(26(30)32-6-2)25-20-15-22(31-4)19(16(3)29)14-18(20)10-13-28(21)25/h8-9,11-12,14-16,29H,5-7,10,13H2,1-4H3. The number of hydrogen-bond acceptors (Lipinski definition) is 5. The van der Waals surface area contributed by atoms with E-state index in [2.05, 4.69) is 16.5 Å². The second-order valence-corrected chi connectivity index (χ2v) is 8.08. The summed E-state index contributed by atoms with van der Waals surface area (Å²) in [7, 11) is 1.60. The van der Waals surface area contributed by atoms with Gasteiger partial charge < -0.3 is 19.1 Å². The Hall–Kier alpha value is -3.12. The first kappa shape index (κ1) is 22.1. The highest BCUT2D eigenvalue weighted by atomic mass is 16.5. The van der Waals surface area contributed by atoms with Crippen molar-refractivity contribution in [1.82, 2.24) is 9.55 Å². The summed E-state index contributed by atoms with van der Waals surface area (Å²) < 4.78 is 13.4. The number of fused-ring (bicyclic) bond motifs is 3. The maximum atomic E-state index is 13.3. The molecule has 3 heterocycles. The first-order valence-electron chi connectivity index (χ1n) is 11.2. The van der Waals surface area contributed by atoms with E-state index >= 15 is 0 Å². The molecular weight excluding hydrogens is 404 g/mol. The van der Waals surface area contributed by atoms with Crippen LogP contribution in [-0.2, 0) is 24.1 Å². The Bertz CT molecular complexity index is 1130. The molecule has 6 nitrogen and oxygen atoms in total. The second kappa shape index (κ2) is 9.17. The molecule has 4 rings (SSSR count). The lowest BCUT2D eigenvalue weighted by molar-refractivity contribution is 0.0528. The van der Waals surface area contributed by atoms with Crippen LogP contribution in [0.1, 0.15) is 60.5 Å². The van der Waals surface area contributed by atoms with Gasteiger partial charge >= 0.3 is 5.97 Å². The Balaban J connectivity index is 2.07. The van der Waals surface area contributed by atoms with Crippen LogP contribution in [0, 0.1) is 0 Å². The Labute approximate surface area is 188 Å². The average molecular weight is 435 g/mol. The molecule has 1 N–H and O–H groups in total. The molecule has 1 aliphatic rings. The summed E-state index contributed by atoms with van der Waals surface area (Å²) in [6.07, 6.45) is 5.49. The smallest absolute Gasteiger partial charge is 0.340 e. The fourth-order valence-electron chi connectivity index (χ4n) is 4.73. The van der Waals surface area contributed by atoms with Gasteiger partial charge in [-0.05, 0) is 62.1 Å². The Kier molecular flexibility index (Phi) is 6.33. The first-order chi connectivity index (χ1) is 15.5. The van der Waals surface area contributed by atoms with E-state index in [4.69, 9.17) is 9.47 Å². The number of carbonyl (C=O) groups is 1. The number of aliphatic hydroxyl groups is 1. The monoisotopic (exact) mass is 434 g/mol. The zero-order chi connectivity index (χ0) is 22.8. The summed E-state index contributed by atoms with van der Waals surface area (Å²) in [6, 6.07) is 7.86. The van der Waals surface area contributed by atoms with Crippen molar-refractivity contribution < 1.29 is 19.4 Å². The quantitative estimate of drug-likeness (QED) is 0.532. The van der Waals surface area contributed by atoms with Gasteiger partial charge in [0.15, 0.2) is 0 Å². The van der Waals surface area contributed by atoms with E-state index < -0.39 is 6.10 Å². The molecule has 0 radical (unpaired) electrons. The number of ether oxygens (including phenoxy) is 2. The molecule has 3 aromatic rings. The molecule has 0 spiro atoms. The molecule has 32 heavy (non-hydrogen) atoms. The normalized spacial score (nSPS) is 13.3. The number of esters is 1. The van der Waals surface area contributed by atoms with Gasteiger partial charge in [0, 0.05) is 41.3 Å². The molecule has 2 aromatic heterocycles. The molecule has 0 fully saturated rings. The van der Waals surface area contributed by atoms with Crippen molar-refractivity contribution in [3.8, 4) is 28.1 Å². The lowest BCUT2D eigenvalue weighted by atomic mass is 9.91. The van der Waals surface area contributed by atoms with Crippen LogP contribution in [0.5, 0.6) is 5.75 Å². The first-order valence-corrected chi connectivity index (χ1v) is 11.2. The van der Waals surface area contributed by atoms with Gasteiger partial charge in [-0.2, -0.15) is 0 Å². The number of aliphatic hydroxyl groups excluding tert-OH is 1. The minimum absolute atomic E-state index is 0.305. The molecule has 0 aliphatic carbocycles. The van der Waals surface area contributed by atoms with Crippen LogP contribution in [0.2, 0.25) is 0 Å². The van der Waals surface area contributed by atoms with Crippen molar-refractivity contribution in [2.75, 3.05) is 13.7 Å². The van der Waals surface area contributed by atoms with E-state index in [0.29, 0.717) is 17.9 Å². The van der Waals surface area contributed by atoms with Crippen molar-refractivity contribution in [2.24, 2.45) is 0 Å². The van der Waals surface area contributed by atoms with Crippen LogP contribution in [0.4, 0.5) is 0 Å². The Morgan fingerprint density at radius 1 is 1.25 bits per heavy atom. The van der Waals surface area contributed by atoms with Gasteiger partial charge in [-0.25, -0.2) is 4.79 Å². The summed E-state index contributed by atoms with van der Waals surface area (Å²) >= 11 is 0. The zero-order valence-corrected chi connectivity index (χ0v) is 19.1. The lowest BCUT2D eigenvalue weighted by Gasteiger charge is -2.24. The zero-order valence-electron chi connectivity index (χ0n) is 19.1. The maximum absolute atomic E-state index is 13.3. The van der Waals surface area contributed by atoms with Crippen molar-refractivity contribution in [3.63, 3.8) is 0 Å². The van der Waals surface area contributed by atoms with E-state index in [1.165, 1.54) is 0 Å². The summed E-state index contributed by atoms with van der Waals surface area (Å²) in [5.74, 6) is 0.294. The topological polar surface area (TPSA) is 73.6 Å². The molecule has 1 unspecified atom stereocenters. The molecular formula is C26H30N2O4. The maximum Gasteiger partial charge on any atom is 0.340 e. The number of hydrogen-bond donors (Lipinski definition) is 1. The highest BCUT2D eigenvalue weighted by Crippen LogP contribution is 2.45. The van der Waals surface area contributed by atoms with Gasteiger partial charge in [-0.3, -0.25) is 4.98 Å². The average Bonchev–Trinajstić information content (AvgIpc) is 3.13. The third kappa shape index (κ3) is 3.69. The molecule has 1 aliphatic heterocycles. The van der Waals surface area contributed by atoms with Crippen molar-refractivity contribution >= 4 is 5.97 Å². The third-order valence-corrected chi connectivity index (χ3v) is 6.07. The van der Waals surface area contributed by atoms with Gasteiger partial charge in [-0.1, -0.05) is 13.3 Å². The van der Waals surface area contributed by atoms with E-state index in [1.807, 2.05) is 31.2 Å². The number of rotatable bonds is 7. The van der Waals surface area contributed by atoms with E-state index in [9.17, 15) is 9.90 Å². The fraction of sp³-hybridized carbons (Fsp3) is 0.385. The second-order valence-electron chi connectivity index (χ2n) is 8.08. The lowest BCUT2D eigenvalue weighted by Crippen LogP contribution is -2.16. The largest absolute Gasteiger partial charge is 0.496 e. The number of benzene rings is 1. The number of carbonyl (C=O) groups excluding carboxylic acids is 1. The predicted octanol–water partition coefficient (Wildman–Crippen LogP) is 4.96. The summed E-state index contributed by atoms with van der Waals surface area (Å²) in [5.41, 5.74) is 7.30. The highest BCUT2D eigenvalue weighted by molar-refractivity contribution is 6.05. The van der Waals surface area contributed by atoms with Crippen LogP contribution >= 0.6 is 0 Å². The third-order valence-electron chi connectivity index (χ3n) is 6.07. The van der Waals surface area contributed by atoms with Crippen LogP contribution < -0.4 is 4.74 Å². The molecule has 1 atom stereocenters. The van der Waals surface area contributed by atoms with Crippen LogP contribution in [0.15, 0.2) is 36.7 Å². The molecule has 0 saturated heterocycles. The SMILES string of the molecule is CCCc1c(-c2ccncc2)c(C(=O)OCC)c2n1CCc1cc(C(C)O)c(OC)cc1-2. The number of aryl methyl sites for hydroxylation is 1. The van der Waals surface area contributed by atoms with Gasteiger partial charge in [-0.15, -0.1) is 0 Å². The van der Waals surface area contributed by atoms with Crippen LogP contribution in [-0.4, -0.2) is 34.3 Å². The van der Waals surface area contributed by atoms with Gasteiger partial charge in [0.2, 0.25) is 0 Å². The molecule has 1 aromatic carbocycles. The highest BCUT2D eigenvalue weighted by Gasteiger charge is 2.33. The van der Waals surface area contributed by atoms with Crippen LogP contribution in [0.3, 0.4) is 0 Å². The summed E-state index contributed by atoms with van der Waals surface area (Å²) in [5, 5.41) is 10.2. The molecule has 168 valence electrons. The van der Waals surface area contributed by atoms with Crippen LogP contribution in [0.25, 0.3) is 22.4 Å². The molecule has 6 heteroatoms. The Morgan fingerprint density at radius 2 is 2.00 bits per heavy atom. The summed E-state index contributed by atoms with van der Waals surface area (Å²) in [4.78, 5) is 17.5. The van der Waals surface area contributed by atoms with E-state index in [0.717, 1.165) is 65.0 Å². The van der Waals surface area contributed by atoms with Gasteiger partial charge in [0.25, 0.3) is 0 Å². The fourth-order valence-corrected chi connectivity index (χ4v) is 4.73. The van der Waals surface area contributed by atoms with Gasteiger partial charge in [0.05, 0.1) is 31.1 Å². The van der Waals surface area contributed by atoms with E-state index in [1.54, 1.807) is 26.4 Å². The molecule has 0 saturated carbocycles. The van der Waals surface area contributed by atoms with Crippen molar-refractivity contribution in [3.05, 3.63) is 59.0 Å². The van der Waals surface area contributed by atoms with Crippen molar-refractivity contribution in [1.29, 1.82) is 0 Å². The molecule has 0 bridgehead atoms. The number of aromatic nitrogens is 2. The summed E-state index contributed by atoms with van der Waals surface area (Å²) in [6.45, 7) is 6.78. The minimum Gasteiger partial charge on any atom is -0.496 e. The minimum atomic E-state index is -0.642. The predicted molar refractivity (Wildman–Crippen MR) is 124 cm³/mol. The van der Waals surface area contributed by atoms with Crippen molar-refractivity contribution in [2.45, 2.75) is 52.7 Å². The number of nitrogens with zero attached hydrogens (tertiary/aromatic N) is 2. The van der Waals surface area contributed by atoms with Gasteiger partial charge in [0.1, 0.15) is 5.75 Å².